The fraction of sp³-hybridized carbons (Fsp3) is 0.316. The van der Waals surface area contributed by atoms with Crippen LogP contribution >= 0.6 is 0 Å². The molecule has 0 aromatic heterocycles. The Morgan fingerprint density at radius 3 is 2.35 bits per heavy atom. The van der Waals surface area contributed by atoms with Gasteiger partial charge in [-0.1, -0.05) is 13.0 Å². The van der Waals surface area contributed by atoms with Crippen molar-refractivity contribution in [2.45, 2.75) is 37.6 Å². The highest BCUT2D eigenvalue weighted by Gasteiger charge is 2.24. The first-order valence-electron chi connectivity index (χ1n) is 8.24. The number of rotatable bonds is 6. The second kappa shape index (κ2) is 7.45. The summed E-state index contributed by atoms with van der Waals surface area (Å²) in [6, 6.07) is 11.0. The minimum atomic E-state index is -3.88. The van der Waals surface area contributed by atoms with Gasteiger partial charge in [0.15, 0.2) is 0 Å². The van der Waals surface area contributed by atoms with Crippen molar-refractivity contribution >= 4 is 21.6 Å². The maximum absolute atomic E-state index is 13.1. The van der Waals surface area contributed by atoms with Crippen LogP contribution in [0.4, 0.5) is 10.1 Å². The van der Waals surface area contributed by atoms with Gasteiger partial charge in [-0.3, -0.25) is 9.10 Å². The molecule has 0 spiro atoms. The van der Waals surface area contributed by atoms with E-state index < -0.39 is 21.4 Å². The Morgan fingerprint density at radius 1 is 1.15 bits per heavy atom. The molecule has 0 unspecified atom stereocenters. The predicted octanol–water partition coefficient (Wildman–Crippen LogP) is 3.57. The minimum absolute atomic E-state index is 0.00807. The molecule has 0 heterocycles. The Kier molecular flexibility index (Phi) is 5.71. The molecule has 2 rings (SSSR count). The van der Waals surface area contributed by atoms with Crippen molar-refractivity contribution in [1.82, 2.24) is 5.32 Å². The van der Waals surface area contributed by atoms with Gasteiger partial charge in [-0.05, 0) is 62.7 Å². The Bertz CT molecular complexity index is 893. The summed E-state index contributed by atoms with van der Waals surface area (Å²) in [7, 11) is -2.49. The molecule has 1 N–H and O–H groups in total. The molecule has 0 aliphatic heterocycles. The van der Waals surface area contributed by atoms with E-state index in [1.54, 1.807) is 6.07 Å². The van der Waals surface area contributed by atoms with Gasteiger partial charge in [-0.2, -0.15) is 0 Å². The van der Waals surface area contributed by atoms with E-state index >= 15 is 0 Å². The molecule has 0 bridgehead atoms. The SMILES string of the molecule is CCC(C)(C)NC(=O)c1cccc(S(=O)(=O)N(C)c2ccc(F)cc2)c1. The molecule has 5 nitrogen and oxygen atoms in total. The first-order valence-corrected chi connectivity index (χ1v) is 9.68. The summed E-state index contributed by atoms with van der Waals surface area (Å²) in [6.45, 7) is 5.75. The van der Waals surface area contributed by atoms with Crippen molar-refractivity contribution in [2.24, 2.45) is 0 Å². The molecule has 0 saturated carbocycles. The summed E-state index contributed by atoms with van der Waals surface area (Å²) >= 11 is 0. The zero-order chi connectivity index (χ0) is 19.5. The lowest BCUT2D eigenvalue weighted by atomic mass is 10.0. The highest BCUT2D eigenvalue weighted by atomic mass is 32.2. The summed E-state index contributed by atoms with van der Waals surface area (Å²) in [5, 5.41) is 2.88. The fourth-order valence-corrected chi connectivity index (χ4v) is 3.46. The molecule has 140 valence electrons. The van der Waals surface area contributed by atoms with Gasteiger partial charge in [-0.15, -0.1) is 0 Å². The number of amides is 1. The highest BCUT2D eigenvalue weighted by Crippen LogP contribution is 2.23. The van der Waals surface area contributed by atoms with E-state index in [1.165, 1.54) is 49.5 Å². The number of sulfonamides is 1. The molecule has 7 heteroatoms. The van der Waals surface area contributed by atoms with E-state index in [1.807, 2.05) is 20.8 Å². The number of hydrogen-bond donors (Lipinski definition) is 1. The maximum atomic E-state index is 13.1. The van der Waals surface area contributed by atoms with Gasteiger partial charge in [0.05, 0.1) is 10.6 Å². The number of carbonyl (C=O) groups excluding carboxylic acids is 1. The van der Waals surface area contributed by atoms with Crippen LogP contribution in [-0.4, -0.2) is 26.9 Å². The Hall–Kier alpha value is -2.41. The number of anilines is 1. The lowest BCUT2D eigenvalue weighted by molar-refractivity contribution is 0.0911. The van der Waals surface area contributed by atoms with Crippen LogP contribution in [0.2, 0.25) is 0 Å². The molecule has 26 heavy (non-hydrogen) atoms. The number of halogens is 1. The number of nitrogens with zero attached hydrogens (tertiary/aromatic N) is 1. The van der Waals surface area contributed by atoms with Crippen molar-refractivity contribution in [1.29, 1.82) is 0 Å². The van der Waals surface area contributed by atoms with Gasteiger partial charge in [0, 0.05) is 18.2 Å². The summed E-state index contributed by atoms with van der Waals surface area (Å²) < 4.78 is 39.8. The quantitative estimate of drug-likeness (QED) is 0.836. The van der Waals surface area contributed by atoms with Crippen LogP contribution in [0, 0.1) is 5.82 Å². The van der Waals surface area contributed by atoms with Crippen LogP contribution in [0.3, 0.4) is 0 Å². The molecule has 0 aliphatic rings. The maximum Gasteiger partial charge on any atom is 0.264 e. The van der Waals surface area contributed by atoms with E-state index in [9.17, 15) is 17.6 Å². The molecular formula is C19H23FN2O3S. The van der Waals surface area contributed by atoms with Crippen LogP contribution in [0.25, 0.3) is 0 Å². The Labute approximate surface area is 153 Å². The molecule has 0 aliphatic carbocycles. The smallest absolute Gasteiger partial charge is 0.264 e. The van der Waals surface area contributed by atoms with E-state index in [0.717, 1.165) is 10.7 Å². The number of benzene rings is 2. The van der Waals surface area contributed by atoms with Crippen LogP contribution in [0.15, 0.2) is 53.4 Å². The largest absolute Gasteiger partial charge is 0.347 e. The van der Waals surface area contributed by atoms with Gasteiger partial charge >= 0.3 is 0 Å². The predicted molar refractivity (Wildman–Crippen MR) is 100 cm³/mol. The molecule has 0 atom stereocenters. The third-order valence-electron chi connectivity index (χ3n) is 4.28. The first kappa shape index (κ1) is 19.9. The minimum Gasteiger partial charge on any atom is -0.347 e. The average molecular weight is 378 g/mol. The molecule has 2 aromatic carbocycles. The first-order chi connectivity index (χ1) is 12.1. The second-order valence-corrected chi connectivity index (χ2v) is 8.64. The fourth-order valence-electron chi connectivity index (χ4n) is 2.21. The molecule has 1 amide bonds. The third kappa shape index (κ3) is 4.40. The topological polar surface area (TPSA) is 66.5 Å². The van der Waals surface area contributed by atoms with E-state index in [2.05, 4.69) is 5.32 Å². The zero-order valence-corrected chi connectivity index (χ0v) is 16.1. The molecule has 2 aromatic rings. The lowest BCUT2D eigenvalue weighted by Crippen LogP contribution is -2.42. The van der Waals surface area contributed by atoms with Crippen LogP contribution in [0.5, 0.6) is 0 Å². The average Bonchev–Trinajstić information content (AvgIpc) is 2.61. The molecule has 0 saturated heterocycles. The summed E-state index contributed by atoms with van der Waals surface area (Å²) in [5.41, 5.74) is 0.199. The van der Waals surface area contributed by atoms with Gasteiger partial charge in [0.25, 0.3) is 15.9 Å². The third-order valence-corrected chi connectivity index (χ3v) is 6.06. The molecule has 0 radical (unpaired) electrons. The van der Waals surface area contributed by atoms with Crippen molar-refractivity contribution in [2.75, 3.05) is 11.4 Å². The van der Waals surface area contributed by atoms with Gasteiger partial charge in [0.2, 0.25) is 0 Å². The summed E-state index contributed by atoms with van der Waals surface area (Å²) in [4.78, 5) is 12.4. The zero-order valence-electron chi connectivity index (χ0n) is 15.3. The lowest BCUT2D eigenvalue weighted by Gasteiger charge is -2.24. The number of carbonyl (C=O) groups is 1. The van der Waals surface area contributed by atoms with Crippen molar-refractivity contribution in [3.63, 3.8) is 0 Å². The van der Waals surface area contributed by atoms with Crippen molar-refractivity contribution in [3.8, 4) is 0 Å². The van der Waals surface area contributed by atoms with Gasteiger partial charge in [0.1, 0.15) is 5.82 Å². The molecular weight excluding hydrogens is 355 g/mol. The molecule has 0 fully saturated rings. The van der Waals surface area contributed by atoms with Crippen molar-refractivity contribution in [3.05, 3.63) is 59.9 Å². The van der Waals surface area contributed by atoms with E-state index in [0.29, 0.717) is 5.69 Å². The monoisotopic (exact) mass is 378 g/mol. The Morgan fingerprint density at radius 2 is 1.77 bits per heavy atom. The summed E-state index contributed by atoms with van der Waals surface area (Å²) in [6.07, 6.45) is 0.740. The highest BCUT2D eigenvalue weighted by molar-refractivity contribution is 7.92. The standard InChI is InChI=1S/C19H23FN2O3S/c1-5-19(2,3)21-18(23)14-7-6-8-17(13-14)26(24,25)22(4)16-11-9-15(20)10-12-16/h6-13H,5H2,1-4H3,(H,21,23). The van der Waals surface area contributed by atoms with Crippen LogP contribution < -0.4 is 9.62 Å². The number of nitrogens with one attached hydrogen (secondary N) is 1. The van der Waals surface area contributed by atoms with Crippen LogP contribution in [0.1, 0.15) is 37.6 Å². The van der Waals surface area contributed by atoms with Crippen LogP contribution in [-0.2, 0) is 10.0 Å². The van der Waals surface area contributed by atoms with E-state index in [4.69, 9.17) is 0 Å². The van der Waals surface area contributed by atoms with Gasteiger partial charge < -0.3 is 5.32 Å². The van der Waals surface area contributed by atoms with Gasteiger partial charge in [-0.25, -0.2) is 12.8 Å². The van der Waals surface area contributed by atoms with Crippen molar-refractivity contribution < 1.29 is 17.6 Å². The normalized spacial score (nSPS) is 11.9. The summed E-state index contributed by atoms with van der Waals surface area (Å²) in [5.74, 6) is -0.782. The second-order valence-electron chi connectivity index (χ2n) is 6.67. The Balaban J connectivity index is 2.33. The number of hydrogen-bond acceptors (Lipinski definition) is 3. The van der Waals surface area contributed by atoms with E-state index in [-0.39, 0.29) is 16.4 Å².